The lowest BCUT2D eigenvalue weighted by Gasteiger charge is -2.41. The highest BCUT2D eigenvalue weighted by atomic mass is 19.1. The molecule has 160 valence electrons. The van der Waals surface area contributed by atoms with Crippen molar-refractivity contribution in [3.05, 3.63) is 48.0 Å². The molecule has 6 nitrogen and oxygen atoms in total. The second-order valence-corrected chi connectivity index (χ2v) is 8.80. The molecule has 3 aromatic rings. The summed E-state index contributed by atoms with van der Waals surface area (Å²) in [5.41, 5.74) is 6.75. The number of aromatic nitrogens is 1. The molecule has 1 fully saturated rings. The average molecular weight is 417 g/mol. The van der Waals surface area contributed by atoms with Crippen molar-refractivity contribution in [1.29, 1.82) is 0 Å². The van der Waals surface area contributed by atoms with E-state index in [1.165, 1.54) is 29.2 Å². The number of fused-ring (bicyclic) bond motifs is 3. The Morgan fingerprint density at radius 1 is 1.07 bits per heavy atom. The number of nitrogens with two attached hydrogens (primary N) is 1. The molecule has 2 heterocycles. The van der Waals surface area contributed by atoms with Gasteiger partial charge in [0.05, 0.1) is 18.2 Å². The third-order valence-electron chi connectivity index (χ3n) is 5.38. The molecule has 0 saturated carbocycles. The van der Waals surface area contributed by atoms with Gasteiger partial charge < -0.3 is 25.0 Å². The molecule has 1 amide bonds. The first-order valence-electron chi connectivity index (χ1n) is 9.85. The number of hydrogen-bond donors (Lipinski definition) is 2. The number of piperidine rings is 1. The number of nitrogens with zero attached hydrogens (tertiary/aromatic N) is 2. The number of rotatable bonds is 1. The third-order valence-corrected chi connectivity index (χ3v) is 5.38. The molecular formula is C22H25F2N3O3. The summed E-state index contributed by atoms with van der Waals surface area (Å²) in [5, 5.41) is 12.0. The van der Waals surface area contributed by atoms with E-state index in [1.54, 1.807) is 32.9 Å². The molecule has 0 radical (unpaired) electrons. The molecule has 0 aliphatic carbocycles. The molecule has 1 aliphatic heterocycles. The van der Waals surface area contributed by atoms with E-state index >= 15 is 0 Å². The number of amides is 1. The van der Waals surface area contributed by atoms with Gasteiger partial charge in [-0.25, -0.2) is 13.6 Å². The maximum Gasteiger partial charge on any atom is 0.410 e. The van der Waals surface area contributed by atoms with Crippen LogP contribution in [0.3, 0.4) is 0 Å². The van der Waals surface area contributed by atoms with Crippen molar-refractivity contribution in [2.75, 3.05) is 13.1 Å². The Balaban J connectivity index is 1.84. The largest absolute Gasteiger partial charge is 0.444 e. The number of aliphatic hydroxyl groups excluding tert-OH is 1. The fraction of sp³-hybridized carbons (Fsp3) is 0.409. The Hall–Kier alpha value is -2.71. The van der Waals surface area contributed by atoms with Gasteiger partial charge in [0.25, 0.3) is 0 Å². The van der Waals surface area contributed by atoms with Crippen LogP contribution in [0, 0.1) is 11.6 Å². The van der Waals surface area contributed by atoms with Gasteiger partial charge in [-0.1, -0.05) is 0 Å². The van der Waals surface area contributed by atoms with E-state index in [9.17, 15) is 18.7 Å². The standard InChI is InChI=1S/C22H25F2N3O3/c1-22(2,3)30-21(29)26-10-16(25)20(28)19(11-26)27-17-6-4-12(23)8-14(17)15-9-13(24)5-7-18(15)27/h4-9,16,19-20,28H,10-11,25H2,1-3H3. The molecule has 3 atom stereocenters. The topological polar surface area (TPSA) is 80.7 Å². The molecule has 1 aliphatic rings. The molecule has 3 unspecified atom stereocenters. The first-order chi connectivity index (χ1) is 14.0. The van der Waals surface area contributed by atoms with Crippen LogP contribution in [0.2, 0.25) is 0 Å². The molecule has 0 spiro atoms. The predicted octanol–water partition coefficient (Wildman–Crippen LogP) is 3.55. The maximum atomic E-state index is 13.9. The minimum Gasteiger partial charge on any atom is -0.444 e. The first-order valence-corrected chi connectivity index (χ1v) is 9.85. The van der Waals surface area contributed by atoms with Crippen LogP contribution >= 0.6 is 0 Å². The van der Waals surface area contributed by atoms with Gasteiger partial charge in [0, 0.05) is 34.9 Å². The van der Waals surface area contributed by atoms with Gasteiger partial charge in [0.1, 0.15) is 17.2 Å². The fourth-order valence-corrected chi connectivity index (χ4v) is 4.12. The maximum absolute atomic E-state index is 13.9. The molecule has 2 aromatic carbocycles. The van der Waals surface area contributed by atoms with Crippen molar-refractivity contribution in [3.63, 3.8) is 0 Å². The zero-order valence-electron chi connectivity index (χ0n) is 17.1. The Kier molecular flexibility index (Phi) is 4.94. The Morgan fingerprint density at radius 2 is 1.60 bits per heavy atom. The zero-order chi connectivity index (χ0) is 21.8. The van der Waals surface area contributed by atoms with E-state index in [-0.39, 0.29) is 13.1 Å². The van der Waals surface area contributed by atoms with Crippen LogP contribution in [0.15, 0.2) is 36.4 Å². The molecule has 30 heavy (non-hydrogen) atoms. The van der Waals surface area contributed by atoms with Crippen LogP contribution in [0.1, 0.15) is 26.8 Å². The highest BCUT2D eigenvalue weighted by molar-refractivity contribution is 6.08. The summed E-state index contributed by atoms with van der Waals surface area (Å²) in [5.74, 6) is -0.885. The molecule has 8 heteroatoms. The normalized spacial score (nSPS) is 22.6. The lowest BCUT2D eigenvalue weighted by molar-refractivity contribution is -0.0120. The minimum absolute atomic E-state index is 0.146. The Morgan fingerprint density at radius 3 is 2.10 bits per heavy atom. The second kappa shape index (κ2) is 7.21. The van der Waals surface area contributed by atoms with Crippen LogP contribution in [0.5, 0.6) is 0 Å². The SMILES string of the molecule is CC(C)(C)OC(=O)N1CC(N)C(O)C(n2c3ccc(F)cc3c3cc(F)ccc32)C1. The molecular weight excluding hydrogens is 392 g/mol. The molecule has 3 N–H and O–H groups in total. The van der Waals surface area contributed by atoms with Crippen molar-refractivity contribution in [2.24, 2.45) is 5.73 Å². The van der Waals surface area contributed by atoms with Gasteiger partial charge in [-0.15, -0.1) is 0 Å². The van der Waals surface area contributed by atoms with E-state index in [1.807, 2.05) is 4.57 Å². The summed E-state index contributed by atoms with van der Waals surface area (Å²) >= 11 is 0. The Bertz CT molecular complexity index is 1060. The molecule has 0 bridgehead atoms. The van der Waals surface area contributed by atoms with Crippen LogP contribution in [-0.4, -0.2) is 51.5 Å². The van der Waals surface area contributed by atoms with Gasteiger partial charge >= 0.3 is 6.09 Å². The smallest absolute Gasteiger partial charge is 0.410 e. The van der Waals surface area contributed by atoms with Crippen LogP contribution in [0.4, 0.5) is 13.6 Å². The number of carbonyl (C=O) groups is 1. The second-order valence-electron chi connectivity index (χ2n) is 8.80. The molecule has 4 rings (SSSR count). The summed E-state index contributed by atoms with van der Waals surface area (Å²) in [4.78, 5) is 14.1. The van der Waals surface area contributed by atoms with Crippen LogP contribution in [0.25, 0.3) is 21.8 Å². The number of aliphatic hydroxyl groups is 1. The van der Waals surface area contributed by atoms with Crippen molar-refractivity contribution in [1.82, 2.24) is 9.47 Å². The van der Waals surface area contributed by atoms with E-state index in [0.717, 1.165) is 0 Å². The van der Waals surface area contributed by atoms with Gasteiger partial charge in [-0.05, 0) is 57.2 Å². The number of likely N-dealkylation sites (tertiary alicyclic amines) is 1. The number of hydrogen-bond acceptors (Lipinski definition) is 4. The number of ether oxygens (including phenoxy) is 1. The van der Waals surface area contributed by atoms with Gasteiger partial charge in [0.15, 0.2) is 0 Å². The lowest BCUT2D eigenvalue weighted by atomic mass is 9.97. The minimum atomic E-state index is -0.961. The van der Waals surface area contributed by atoms with Crippen molar-refractivity contribution < 1.29 is 23.4 Å². The first kappa shape index (κ1) is 20.6. The third kappa shape index (κ3) is 3.61. The quantitative estimate of drug-likeness (QED) is 0.635. The average Bonchev–Trinajstić information content (AvgIpc) is 2.95. The van der Waals surface area contributed by atoms with Crippen molar-refractivity contribution >= 4 is 27.9 Å². The van der Waals surface area contributed by atoms with Crippen molar-refractivity contribution in [3.8, 4) is 0 Å². The van der Waals surface area contributed by atoms with Crippen molar-refractivity contribution in [2.45, 2.75) is 44.6 Å². The lowest BCUT2D eigenvalue weighted by Crippen LogP contribution is -2.58. The number of carbonyl (C=O) groups excluding carboxylic acids is 1. The predicted molar refractivity (Wildman–Crippen MR) is 110 cm³/mol. The monoisotopic (exact) mass is 417 g/mol. The number of benzene rings is 2. The van der Waals surface area contributed by atoms with Gasteiger partial charge in [-0.3, -0.25) is 0 Å². The highest BCUT2D eigenvalue weighted by Crippen LogP contribution is 2.36. The Labute approximate surface area is 172 Å². The summed E-state index contributed by atoms with van der Waals surface area (Å²) in [7, 11) is 0. The summed E-state index contributed by atoms with van der Waals surface area (Å²) in [6.07, 6.45) is -1.48. The number of halogens is 2. The molecule has 1 saturated heterocycles. The van der Waals surface area contributed by atoms with Gasteiger partial charge in [-0.2, -0.15) is 0 Å². The van der Waals surface area contributed by atoms with E-state index in [0.29, 0.717) is 21.8 Å². The zero-order valence-corrected chi connectivity index (χ0v) is 17.1. The summed E-state index contributed by atoms with van der Waals surface area (Å²) in [6.45, 7) is 5.62. The van der Waals surface area contributed by atoms with E-state index in [4.69, 9.17) is 10.5 Å². The van der Waals surface area contributed by atoms with E-state index in [2.05, 4.69) is 0 Å². The van der Waals surface area contributed by atoms with Gasteiger partial charge in [0.2, 0.25) is 0 Å². The van der Waals surface area contributed by atoms with Crippen LogP contribution < -0.4 is 5.73 Å². The summed E-state index contributed by atoms with van der Waals surface area (Å²) < 4.78 is 35.2. The highest BCUT2D eigenvalue weighted by Gasteiger charge is 2.39. The molecule has 1 aromatic heterocycles. The fourth-order valence-electron chi connectivity index (χ4n) is 4.12. The van der Waals surface area contributed by atoms with E-state index < -0.39 is 41.5 Å². The summed E-state index contributed by atoms with van der Waals surface area (Å²) in [6, 6.07) is 7.18. The van der Waals surface area contributed by atoms with Crippen LogP contribution in [-0.2, 0) is 4.74 Å².